The molecule has 0 spiro atoms. The van der Waals surface area contributed by atoms with Gasteiger partial charge in [-0.1, -0.05) is 0 Å². The van der Waals surface area contributed by atoms with Crippen molar-refractivity contribution in [2.75, 3.05) is 38.0 Å². The molecule has 0 aromatic heterocycles. The summed E-state index contributed by atoms with van der Waals surface area (Å²) >= 11 is 0. The van der Waals surface area contributed by atoms with Crippen LogP contribution in [-0.2, 0) is 19.9 Å². The van der Waals surface area contributed by atoms with Crippen molar-refractivity contribution in [2.24, 2.45) is 0 Å². The summed E-state index contributed by atoms with van der Waals surface area (Å²) in [6.07, 6.45) is 1.15. The molecule has 8 heteroatoms. The van der Waals surface area contributed by atoms with Crippen molar-refractivity contribution in [1.29, 1.82) is 0 Å². The van der Waals surface area contributed by atoms with E-state index in [1.54, 1.807) is 0 Å². The Labute approximate surface area is 90.9 Å². The van der Waals surface area contributed by atoms with Crippen molar-refractivity contribution in [3.8, 4) is 0 Å². The summed E-state index contributed by atoms with van der Waals surface area (Å²) in [5.41, 5.74) is 0. The maximum atomic E-state index is 11.4. The van der Waals surface area contributed by atoms with E-state index < -0.39 is 19.9 Å². The molecule has 0 bridgehead atoms. The van der Waals surface area contributed by atoms with Crippen LogP contribution in [0.25, 0.3) is 0 Å². The van der Waals surface area contributed by atoms with Gasteiger partial charge in [-0.25, -0.2) is 21.1 Å². The number of sulfonamides is 1. The molecule has 0 aliphatic heterocycles. The predicted octanol–water partition coefficient (Wildman–Crippen LogP) is -1.32. The molecule has 0 radical (unpaired) electrons. The Morgan fingerprint density at radius 2 is 1.67 bits per heavy atom. The Balaban J connectivity index is 4.17. The number of sulfone groups is 1. The zero-order valence-corrected chi connectivity index (χ0v) is 10.5. The van der Waals surface area contributed by atoms with Crippen LogP contribution < -0.4 is 0 Å². The van der Waals surface area contributed by atoms with Crippen LogP contribution in [0.15, 0.2) is 0 Å². The maximum absolute atomic E-state index is 11.4. The minimum Gasteiger partial charge on any atom is -0.395 e. The highest BCUT2D eigenvalue weighted by Crippen LogP contribution is 2.01. The molecule has 0 amide bonds. The van der Waals surface area contributed by atoms with Gasteiger partial charge in [0.25, 0.3) is 0 Å². The summed E-state index contributed by atoms with van der Waals surface area (Å²) in [4.78, 5) is 0. The van der Waals surface area contributed by atoms with Gasteiger partial charge < -0.3 is 5.11 Å². The Hall–Kier alpha value is -0.180. The minimum absolute atomic E-state index is 0.0290. The molecule has 0 rings (SSSR count). The molecule has 0 aliphatic carbocycles. The molecule has 6 nitrogen and oxygen atoms in total. The van der Waals surface area contributed by atoms with E-state index in [1.165, 1.54) is 7.05 Å². The number of aliphatic hydroxyl groups excluding tert-OH is 1. The smallest absolute Gasteiger partial charge is 0.213 e. The van der Waals surface area contributed by atoms with Gasteiger partial charge >= 0.3 is 0 Å². The molecule has 0 aliphatic rings. The lowest BCUT2D eigenvalue weighted by Gasteiger charge is -2.15. The maximum Gasteiger partial charge on any atom is 0.213 e. The normalized spacial score (nSPS) is 13.3. The van der Waals surface area contributed by atoms with Crippen LogP contribution in [0.2, 0.25) is 0 Å². The number of rotatable bonds is 7. The van der Waals surface area contributed by atoms with Crippen LogP contribution in [0.1, 0.15) is 6.42 Å². The quantitative estimate of drug-likeness (QED) is 0.612. The van der Waals surface area contributed by atoms with Gasteiger partial charge in [0.2, 0.25) is 10.0 Å². The van der Waals surface area contributed by atoms with E-state index >= 15 is 0 Å². The van der Waals surface area contributed by atoms with Gasteiger partial charge in [-0.05, 0) is 6.42 Å². The first-order valence-electron chi connectivity index (χ1n) is 4.41. The van der Waals surface area contributed by atoms with E-state index in [1.807, 2.05) is 0 Å². The predicted molar refractivity (Wildman–Crippen MR) is 57.8 cm³/mol. The number of hydrogen-bond acceptors (Lipinski definition) is 5. The second-order valence-electron chi connectivity index (χ2n) is 3.34. The second-order valence-corrected chi connectivity index (χ2v) is 7.80. The van der Waals surface area contributed by atoms with Crippen LogP contribution in [0.3, 0.4) is 0 Å². The SMILES string of the molecule is CN(CCO)S(=O)(=O)CCCS(C)(=O)=O. The Morgan fingerprint density at radius 1 is 1.13 bits per heavy atom. The molecular weight excluding hydrogens is 242 g/mol. The van der Waals surface area contributed by atoms with E-state index in [9.17, 15) is 16.8 Å². The fourth-order valence-corrected chi connectivity index (χ4v) is 2.97. The highest BCUT2D eigenvalue weighted by molar-refractivity contribution is 7.91. The Morgan fingerprint density at radius 3 is 2.07 bits per heavy atom. The van der Waals surface area contributed by atoms with Gasteiger partial charge in [0.15, 0.2) is 0 Å². The summed E-state index contributed by atoms with van der Waals surface area (Å²) in [7, 11) is -5.20. The van der Waals surface area contributed by atoms with Crippen molar-refractivity contribution < 1.29 is 21.9 Å². The number of likely N-dealkylation sites (N-methyl/N-ethyl adjacent to an activating group) is 1. The fraction of sp³-hybridized carbons (Fsp3) is 1.00. The highest BCUT2D eigenvalue weighted by Gasteiger charge is 2.17. The molecule has 1 N–H and O–H groups in total. The van der Waals surface area contributed by atoms with Crippen LogP contribution >= 0.6 is 0 Å². The lowest BCUT2D eigenvalue weighted by Crippen LogP contribution is -2.32. The fourth-order valence-electron chi connectivity index (χ4n) is 0.939. The zero-order chi connectivity index (χ0) is 12.1. The zero-order valence-electron chi connectivity index (χ0n) is 8.88. The average Bonchev–Trinajstić information content (AvgIpc) is 2.01. The first-order chi connectivity index (χ1) is 6.69. The van der Waals surface area contributed by atoms with Crippen LogP contribution in [0, 0.1) is 0 Å². The number of aliphatic hydroxyl groups is 1. The first-order valence-corrected chi connectivity index (χ1v) is 8.08. The molecule has 0 saturated carbocycles. The van der Waals surface area contributed by atoms with E-state index in [2.05, 4.69) is 0 Å². The molecule has 15 heavy (non-hydrogen) atoms. The Bertz CT molecular complexity index is 372. The molecule has 92 valence electrons. The Kier molecular flexibility index (Phi) is 5.71. The molecule has 0 heterocycles. The summed E-state index contributed by atoms with van der Waals surface area (Å²) in [6.45, 7) is -0.219. The van der Waals surface area contributed by atoms with Crippen LogP contribution in [0.5, 0.6) is 0 Å². The molecule has 0 atom stereocenters. The topological polar surface area (TPSA) is 91.8 Å². The molecule has 0 saturated heterocycles. The third kappa shape index (κ3) is 6.82. The number of hydrogen-bond donors (Lipinski definition) is 1. The van der Waals surface area contributed by atoms with Gasteiger partial charge in [-0.15, -0.1) is 0 Å². The number of nitrogens with zero attached hydrogens (tertiary/aromatic N) is 1. The van der Waals surface area contributed by atoms with Gasteiger partial charge in [0, 0.05) is 19.8 Å². The van der Waals surface area contributed by atoms with Gasteiger partial charge in [-0.2, -0.15) is 0 Å². The average molecular weight is 259 g/mol. The van der Waals surface area contributed by atoms with E-state index in [-0.39, 0.29) is 31.1 Å². The third-order valence-electron chi connectivity index (χ3n) is 1.81. The van der Waals surface area contributed by atoms with Gasteiger partial charge in [0.05, 0.1) is 18.1 Å². The summed E-state index contributed by atoms with van der Waals surface area (Å²) in [5.74, 6) is -0.351. The lowest BCUT2D eigenvalue weighted by molar-refractivity contribution is 0.266. The van der Waals surface area contributed by atoms with Crippen molar-refractivity contribution in [2.45, 2.75) is 6.42 Å². The molecule has 0 unspecified atom stereocenters. The monoisotopic (exact) mass is 259 g/mol. The molecule has 0 aromatic carbocycles. The van der Waals surface area contributed by atoms with Crippen LogP contribution in [-0.4, -0.2) is 64.2 Å². The third-order valence-corrected chi connectivity index (χ3v) is 4.77. The van der Waals surface area contributed by atoms with Crippen molar-refractivity contribution in [1.82, 2.24) is 4.31 Å². The summed E-state index contributed by atoms with van der Waals surface area (Å²) < 4.78 is 45.4. The van der Waals surface area contributed by atoms with Crippen molar-refractivity contribution in [3.63, 3.8) is 0 Å². The second kappa shape index (κ2) is 5.78. The standard InChI is InChI=1S/C7H17NO5S2/c1-8(4-5-9)15(12,13)7-3-6-14(2,10)11/h9H,3-7H2,1-2H3. The van der Waals surface area contributed by atoms with Crippen molar-refractivity contribution in [3.05, 3.63) is 0 Å². The molecule has 0 aromatic rings. The van der Waals surface area contributed by atoms with Gasteiger partial charge in [-0.3, -0.25) is 0 Å². The van der Waals surface area contributed by atoms with E-state index in [0.717, 1.165) is 10.6 Å². The van der Waals surface area contributed by atoms with Crippen LogP contribution in [0.4, 0.5) is 0 Å². The molecule has 0 fully saturated rings. The molecular formula is C7H17NO5S2. The van der Waals surface area contributed by atoms with E-state index in [0.29, 0.717) is 0 Å². The van der Waals surface area contributed by atoms with Gasteiger partial charge in [0.1, 0.15) is 9.84 Å². The summed E-state index contributed by atoms with van der Waals surface area (Å²) in [5, 5.41) is 8.55. The highest BCUT2D eigenvalue weighted by atomic mass is 32.2. The van der Waals surface area contributed by atoms with Crippen molar-refractivity contribution >= 4 is 19.9 Å². The largest absolute Gasteiger partial charge is 0.395 e. The minimum atomic E-state index is -3.44. The summed E-state index contributed by atoms with van der Waals surface area (Å²) in [6, 6.07) is 0. The lowest BCUT2D eigenvalue weighted by atomic mass is 10.6. The first kappa shape index (κ1) is 14.8. The van der Waals surface area contributed by atoms with E-state index in [4.69, 9.17) is 5.11 Å².